The van der Waals surface area contributed by atoms with Gasteiger partial charge in [0.15, 0.2) is 0 Å². The fourth-order valence-electron chi connectivity index (χ4n) is 4.60. The summed E-state index contributed by atoms with van der Waals surface area (Å²) in [5, 5.41) is 6.76. The summed E-state index contributed by atoms with van der Waals surface area (Å²) in [4.78, 5) is 0. The molecule has 41 heavy (non-hydrogen) atoms. The third-order valence-corrected chi connectivity index (χ3v) is 9.38. The molecule has 6 aromatic carbocycles. The van der Waals surface area contributed by atoms with Gasteiger partial charge in [-0.1, -0.05) is 83.7 Å². The Bertz CT molecular complexity index is 1760. The van der Waals surface area contributed by atoms with Crippen molar-refractivity contribution in [2.75, 3.05) is 0 Å². The predicted molar refractivity (Wildman–Crippen MR) is 175 cm³/mol. The van der Waals surface area contributed by atoms with Gasteiger partial charge in [0, 0.05) is 5.02 Å². The average molecular weight is 667 g/mol. The summed E-state index contributed by atoms with van der Waals surface area (Å²) in [6.45, 7) is 0. The molecule has 7 rings (SSSR count). The maximum atomic E-state index is 6.07. The van der Waals surface area contributed by atoms with E-state index in [1.807, 2.05) is 18.2 Å². The van der Waals surface area contributed by atoms with Crippen LogP contribution >= 0.6 is 34.8 Å². The van der Waals surface area contributed by atoms with Crippen LogP contribution in [0.2, 0.25) is 15.1 Å². The van der Waals surface area contributed by atoms with E-state index in [4.69, 9.17) is 34.8 Å². The third-order valence-electron chi connectivity index (χ3n) is 6.67. The molecule has 0 nitrogen and oxygen atoms in total. The van der Waals surface area contributed by atoms with Gasteiger partial charge in [-0.3, -0.25) is 0 Å². The van der Waals surface area contributed by atoms with E-state index in [9.17, 15) is 0 Å². The molecular formula is C37H25Cl3Zr. The van der Waals surface area contributed by atoms with Crippen LogP contribution in [0, 0.1) is 6.08 Å². The molecule has 0 aromatic heterocycles. The Morgan fingerprint density at radius 3 is 1.63 bits per heavy atom. The largest absolute Gasteiger partial charge is 0.126 e. The van der Waals surface area contributed by atoms with Gasteiger partial charge < -0.3 is 0 Å². The van der Waals surface area contributed by atoms with Crippen LogP contribution < -0.4 is 0 Å². The van der Waals surface area contributed by atoms with Crippen molar-refractivity contribution in [2.45, 2.75) is 6.42 Å². The van der Waals surface area contributed by atoms with Gasteiger partial charge in [0.25, 0.3) is 0 Å². The molecule has 0 heterocycles. The second-order valence-corrected chi connectivity index (χ2v) is 11.7. The number of hydrogen-bond donors (Lipinski definition) is 0. The first-order chi connectivity index (χ1) is 20.0. The summed E-state index contributed by atoms with van der Waals surface area (Å²) in [5.74, 6) is 0. The molecule has 0 unspecified atom stereocenters. The molecule has 0 bridgehead atoms. The minimum absolute atomic E-state index is 0.403. The molecule has 1 aliphatic carbocycles. The molecule has 4 heteroatoms. The molecular weight excluding hydrogens is 642 g/mol. The first-order valence-electron chi connectivity index (χ1n) is 13.2. The molecule has 0 aliphatic heterocycles. The van der Waals surface area contributed by atoms with Crippen molar-refractivity contribution in [3.05, 3.63) is 177 Å². The van der Waals surface area contributed by atoms with Crippen molar-refractivity contribution < 1.29 is 24.2 Å². The summed E-state index contributed by atoms with van der Waals surface area (Å²) in [5.41, 5.74) is 4.53. The van der Waals surface area contributed by atoms with Crippen molar-refractivity contribution in [3.63, 3.8) is 0 Å². The topological polar surface area (TPSA) is 0 Å². The fourth-order valence-corrected chi connectivity index (χ4v) is 6.06. The van der Waals surface area contributed by atoms with Crippen molar-refractivity contribution in [2.24, 2.45) is 0 Å². The number of allylic oxidation sites excluding steroid dienone is 4. The van der Waals surface area contributed by atoms with Crippen LogP contribution in [0.1, 0.15) is 23.1 Å². The van der Waals surface area contributed by atoms with E-state index in [2.05, 4.69) is 121 Å². The van der Waals surface area contributed by atoms with E-state index in [0.29, 0.717) is 15.1 Å². The Morgan fingerprint density at radius 1 is 0.610 bits per heavy atom. The number of rotatable bonds is 3. The predicted octanol–water partition coefficient (Wildman–Crippen LogP) is 11.3. The summed E-state index contributed by atoms with van der Waals surface area (Å²) in [7, 11) is 0. The molecule has 0 fully saturated rings. The van der Waals surface area contributed by atoms with E-state index >= 15 is 0 Å². The van der Waals surface area contributed by atoms with Crippen molar-refractivity contribution >= 4 is 65.1 Å². The quantitative estimate of drug-likeness (QED) is 0.130. The standard InChI is InChI=1S/C13H9.C13H10.C11H6Cl3.Zr/c1-3-7-12-10(5-1)9-11-6-2-4-8-13(11)12;1-3-7-12(8-4-1)11-13-9-5-2-6-10-13;12-9-6-5-8(10(13)11(9)14)7-3-1-2-4-7;/h1-9H;1-10H;1,3,5-6H,2H2;/q-1;;-1;+2. The van der Waals surface area contributed by atoms with E-state index in [1.54, 1.807) is 6.07 Å². The number of halogens is 3. The smallest absolute Gasteiger partial charge is 0.0771 e. The number of hydrogen-bond acceptors (Lipinski definition) is 0. The van der Waals surface area contributed by atoms with Crippen LogP contribution in [0.25, 0.3) is 27.1 Å². The molecule has 1 aliphatic rings. The Kier molecular flexibility index (Phi) is 10.3. The summed E-state index contributed by atoms with van der Waals surface area (Å²) in [6.07, 6.45) is 8.00. The number of benzene rings is 5. The normalized spacial score (nSPS) is 11.9. The van der Waals surface area contributed by atoms with E-state index in [0.717, 1.165) is 17.6 Å². The number of fused-ring (bicyclic) bond motifs is 3. The molecule has 0 N–H and O–H groups in total. The third kappa shape index (κ3) is 7.29. The van der Waals surface area contributed by atoms with Crippen molar-refractivity contribution in [3.8, 4) is 0 Å². The summed E-state index contributed by atoms with van der Waals surface area (Å²) < 4.78 is 1.42. The Hall–Kier alpha value is -2.93. The molecule has 198 valence electrons. The zero-order valence-corrected chi connectivity index (χ0v) is 26.8. The Labute approximate surface area is 271 Å². The fraction of sp³-hybridized carbons (Fsp3) is 0.0270. The molecule has 0 amide bonds. The summed E-state index contributed by atoms with van der Waals surface area (Å²) in [6, 6.07) is 44.0. The summed E-state index contributed by atoms with van der Waals surface area (Å²) >= 11 is 19.3. The molecule has 6 aromatic rings. The van der Waals surface area contributed by atoms with Crippen LogP contribution in [0.5, 0.6) is 0 Å². The SMILES string of the molecule is Clc1ccc(C2=[C-]CC=C2)c(Cl)c1Cl.[Zr+2]=[C](c1ccccc1)c1ccccc1.c1ccc2c(c1)[cH-]c1ccccc12. The monoisotopic (exact) mass is 664 g/mol. The van der Waals surface area contributed by atoms with Gasteiger partial charge in [0.1, 0.15) is 0 Å². The van der Waals surface area contributed by atoms with E-state index < -0.39 is 0 Å². The van der Waals surface area contributed by atoms with Crippen molar-refractivity contribution in [1.82, 2.24) is 0 Å². The van der Waals surface area contributed by atoms with E-state index in [-0.39, 0.29) is 0 Å². The molecule has 0 radical (unpaired) electrons. The van der Waals surface area contributed by atoms with Gasteiger partial charge in [-0.25, -0.2) is 0 Å². The van der Waals surface area contributed by atoms with Crippen LogP contribution in [0.15, 0.2) is 140 Å². The second-order valence-electron chi connectivity index (χ2n) is 9.35. The second kappa shape index (κ2) is 14.3. The van der Waals surface area contributed by atoms with Crippen molar-refractivity contribution in [1.29, 1.82) is 0 Å². The maximum absolute atomic E-state index is 6.07. The first kappa shape index (κ1) is 29.6. The van der Waals surface area contributed by atoms with Gasteiger partial charge in [0.05, 0.1) is 10.0 Å². The molecule has 0 saturated carbocycles. The average Bonchev–Trinajstić information content (AvgIpc) is 3.70. The molecule has 0 saturated heterocycles. The Morgan fingerprint density at radius 2 is 1.12 bits per heavy atom. The Balaban J connectivity index is 0.000000124. The maximum Gasteiger partial charge on any atom is -0.0771 e. The molecule has 0 spiro atoms. The zero-order valence-electron chi connectivity index (χ0n) is 22.1. The van der Waals surface area contributed by atoms with Crippen LogP contribution in [-0.4, -0.2) is 3.21 Å². The zero-order chi connectivity index (χ0) is 28.6. The minimum Gasteiger partial charge on any atom is -0.126 e. The first-order valence-corrected chi connectivity index (χ1v) is 15.5. The van der Waals surface area contributed by atoms with Gasteiger partial charge in [0.2, 0.25) is 0 Å². The van der Waals surface area contributed by atoms with Gasteiger partial charge in [-0.05, 0) is 0 Å². The van der Waals surface area contributed by atoms with Gasteiger partial charge >= 0.3 is 99.2 Å². The van der Waals surface area contributed by atoms with Gasteiger partial charge in [-0.2, -0.15) is 17.7 Å². The van der Waals surface area contributed by atoms with Crippen LogP contribution in [-0.2, 0) is 24.2 Å². The van der Waals surface area contributed by atoms with Crippen LogP contribution in [0.4, 0.5) is 0 Å². The minimum atomic E-state index is 0.403. The van der Waals surface area contributed by atoms with Gasteiger partial charge in [-0.15, -0.1) is 57.4 Å². The van der Waals surface area contributed by atoms with E-state index in [1.165, 1.54) is 60.1 Å². The van der Waals surface area contributed by atoms with Crippen LogP contribution in [0.3, 0.4) is 0 Å². The molecule has 0 atom stereocenters.